The maximum absolute atomic E-state index is 13.5. The number of unbranched alkanes of at least 4 members (excludes halogenated alkanes) is 27. The molecule has 3 atom stereocenters. The van der Waals surface area contributed by atoms with Gasteiger partial charge in [0.1, 0.15) is 19.3 Å². The van der Waals surface area contributed by atoms with Crippen LogP contribution in [0.5, 0.6) is 0 Å². The van der Waals surface area contributed by atoms with E-state index in [1.165, 1.54) is 122 Å². The summed E-state index contributed by atoms with van der Waals surface area (Å²) in [6.07, 6.45) is 60.7. The van der Waals surface area contributed by atoms with Gasteiger partial charge in [-0.25, -0.2) is 4.57 Å². The highest BCUT2D eigenvalue weighted by Gasteiger charge is 2.30. The van der Waals surface area contributed by atoms with E-state index in [1.807, 2.05) is 33.3 Å². The van der Waals surface area contributed by atoms with Gasteiger partial charge in [0.15, 0.2) is 0 Å². The molecule has 0 spiro atoms. The van der Waals surface area contributed by atoms with Gasteiger partial charge in [-0.05, 0) is 96.0 Å². The lowest BCUT2D eigenvalue weighted by Gasteiger charge is -2.27. The van der Waals surface area contributed by atoms with Crippen molar-refractivity contribution < 1.29 is 37.3 Å². The number of carbonyl (C=O) groups is 2. The van der Waals surface area contributed by atoms with Crippen LogP contribution in [-0.2, 0) is 27.9 Å². The number of nitrogens with one attached hydrogen (secondary N) is 1. The van der Waals surface area contributed by atoms with E-state index >= 15 is 0 Å². The summed E-state index contributed by atoms with van der Waals surface area (Å²) in [6, 6.07) is -0.865. The molecule has 10 heteroatoms. The average molecular weight is 991 g/mol. The number of hydrogen-bond donors (Lipinski definition) is 2. The van der Waals surface area contributed by atoms with E-state index in [2.05, 4.69) is 74.7 Å². The van der Waals surface area contributed by atoms with Gasteiger partial charge in [0.25, 0.3) is 0 Å². The summed E-state index contributed by atoms with van der Waals surface area (Å²) in [5.41, 5.74) is 0. The first-order chi connectivity index (χ1) is 33.4. The minimum absolute atomic E-state index is 0.0325. The second kappa shape index (κ2) is 49.3. The van der Waals surface area contributed by atoms with Crippen molar-refractivity contribution in [2.45, 2.75) is 264 Å². The number of quaternary nitrogens is 1. The Hall–Kier alpha value is -2.29. The Morgan fingerprint density at radius 1 is 0.507 bits per heavy atom. The van der Waals surface area contributed by atoms with Gasteiger partial charge in [0.2, 0.25) is 5.91 Å². The molecule has 69 heavy (non-hydrogen) atoms. The van der Waals surface area contributed by atoms with Crippen LogP contribution < -0.4 is 5.32 Å². The number of phosphoric ester groups is 1. The Morgan fingerprint density at radius 3 is 1.38 bits per heavy atom. The minimum atomic E-state index is -4.45. The predicted octanol–water partition coefficient (Wildman–Crippen LogP) is 17.1. The maximum Gasteiger partial charge on any atom is 0.472 e. The minimum Gasteiger partial charge on any atom is -0.456 e. The van der Waals surface area contributed by atoms with Crippen LogP contribution in [0.25, 0.3) is 0 Å². The summed E-state index contributed by atoms with van der Waals surface area (Å²) in [7, 11) is 1.47. The van der Waals surface area contributed by atoms with Crippen molar-refractivity contribution >= 4 is 19.7 Å². The van der Waals surface area contributed by atoms with Gasteiger partial charge in [-0.1, -0.05) is 204 Å². The monoisotopic (exact) mass is 990 g/mol. The molecule has 0 aromatic carbocycles. The highest BCUT2D eigenvalue weighted by molar-refractivity contribution is 7.47. The van der Waals surface area contributed by atoms with Gasteiger partial charge >= 0.3 is 13.8 Å². The van der Waals surface area contributed by atoms with Crippen molar-refractivity contribution in [1.29, 1.82) is 0 Å². The number of phosphoric acid groups is 1. The van der Waals surface area contributed by atoms with E-state index in [9.17, 15) is 19.0 Å². The first-order valence-electron chi connectivity index (χ1n) is 28.6. The number of nitrogens with zero attached hydrogens (tertiary/aromatic N) is 1. The van der Waals surface area contributed by atoms with Crippen LogP contribution in [0.15, 0.2) is 60.8 Å². The zero-order chi connectivity index (χ0) is 50.8. The molecule has 2 N–H and O–H groups in total. The standard InChI is InChI=1S/C59H109N2O7P/c1-7-10-13-16-19-22-25-28-29-30-31-34-37-40-43-46-49-52-59(63)68-57(50-47-44-41-38-35-32-26-23-20-17-14-11-8-2)56(55-67-69(64,65)66-54-53-61(4,5)6)60-58(62)51-48-45-42-39-36-33-27-24-21-18-15-12-9-3/h19,22,28-29,31,33-34,36,47,50,56-57H,7-18,20-21,23-27,30,32,35,37-46,48-49,51-55H2,1-6H3,(H-,60,62,64,65)/p+1/b22-19-,29-28-,34-31-,36-33-,50-47+. The number of amides is 1. The van der Waals surface area contributed by atoms with Crippen LogP contribution in [0.2, 0.25) is 0 Å². The summed E-state index contributed by atoms with van der Waals surface area (Å²) in [6.45, 7) is 6.95. The molecule has 0 aliphatic carbocycles. The van der Waals surface area contributed by atoms with Crippen molar-refractivity contribution in [3.8, 4) is 0 Å². The molecule has 0 bridgehead atoms. The van der Waals surface area contributed by atoms with E-state index in [1.54, 1.807) is 0 Å². The van der Waals surface area contributed by atoms with Gasteiger partial charge in [-0.15, -0.1) is 0 Å². The molecule has 0 rings (SSSR count). The zero-order valence-electron chi connectivity index (χ0n) is 45.8. The smallest absolute Gasteiger partial charge is 0.456 e. The number of allylic oxidation sites excluding steroid dienone is 9. The highest BCUT2D eigenvalue weighted by atomic mass is 31.2. The van der Waals surface area contributed by atoms with Crippen LogP contribution in [0, 0.1) is 0 Å². The molecule has 0 heterocycles. The Bertz CT molecular complexity index is 1370. The van der Waals surface area contributed by atoms with Crippen molar-refractivity contribution in [1.82, 2.24) is 5.32 Å². The quantitative estimate of drug-likeness (QED) is 0.0205. The molecular formula is C59H110N2O7P+. The molecule has 0 aliphatic rings. The van der Waals surface area contributed by atoms with Crippen LogP contribution >= 0.6 is 7.82 Å². The normalized spacial score (nSPS) is 14.2. The van der Waals surface area contributed by atoms with Crippen molar-refractivity contribution in [3.63, 3.8) is 0 Å². The third-order valence-corrected chi connectivity index (χ3v) is 13.4. The van der Waals surface area contributed by atoms with Crippen LogP contribution in [0.1, 0.15) is 252 Å². The maximum atomic E-state index is 13.5. The number of rotatable bonds is 51. The van der Waals surface area contributed by atoms with Gasteiger partial charge in [0, 0.05) is 12.8 Å². The summed E-state index contributed by atoms with van der Waals surface area (Å²) in [5.74, 6) is -0.548. The number of carbonyl (C=O) groups excluding carboxylic acids is 2. The van der Waals surface area contributed by atoms with E-state index in [4.69, 9.17) is 13.8 Å². The fraction of sp³-hybridized carbons (Fsp3) is 0.797. The van der Waals surface area contributed by atoms with Crippen LogP contribution in [0.3, 0.4) is 0 Å². The third kappa shape index (κ3) is 50.4. The molecule has 0 fully saturated rings. The largest absolute Gasteiger partial charge is 0.472 e. The fourth-order valence-electron chi connectivity index (χ4n) is 7.94. The lowest BCUT2D eigenvalue weighted by Crippen LogP contribution is -2.47. The third-order valence-electron chi connectivity index (χ3n) is 12.4. The lowest BCUT2D eigenvalue weighted by molar-refractivity contribution is -0.870. The van der Waals surface area contributed by atoms with Gasteiger partial charge in [0.05, 0.1) is 33.8 Å². The van der Waals surface area contributed by atoms with Gasteiger partial charge < -0.3 is 19.4 Å². The molecular weight excluding hydrogens is 880 g/mol. The summed E-state index contributed by atoms with van der Waals surface area (Å²) in [4.78, 5) is 37.5. The van der Waals surface area contributed by atoms with Crippen LogP contribution in [-0.4, -0.2) is 74.3 Å². The number of esters is 1. The topological polar surface area (TPSA) is 111 Å². The first-order valence-corrected chi connectivity index (χ1v) is 30.1. The Labute approximate surface area is 426 Å². The van der Waals surface area contributed by atoms with Gasteiger partial charge in [-0.2, -0.15) is 0 Å². The fourth-order valence-corrected chi connectivity index (χ4v) is 8.68. The summed E-state index contributed by atoms with van der Waals surface area (Å²) < 4.78 is 30.6. The molecule has 0 radical (unpaired) electrons. The predicted molar refractivity (Wildman–Crippen MR) is 295 cm³/mol. The van der Waals surface area contributed by atoms with Crippen molar-refractivity contribution in [2.24, 2.45) is 0 Å². The molecule has 0 saturated heterocycles. The van der Waals surface area contributed by atoms with Crippen LogP contribution in [0.4, 0.5) is 0 Å². The zero-order valence-corrected chi connectivity index (χ0v) is 46.7. The molecule has 0 saturated carbocycles. The van der Waals surface area contributed by atoms with Crippen molar-refractivity contribution in [3.05, 3.63) is 60.8 Å². The molecule has 9 nitrogen and oxygen atoms in total. The number of ether oxygens (including phenoxy) is 1. The molecule has 0 aromatic heterocycles. The summed E-state index contributed by atoms with van der Waals surface area (Å²) in [5, 5.41) is 3.03. The second-order valence-corrected chi connectivity index (χ2v) is 21.9. The van der Waals surface area contributed by atoms with Crippen molar-refractivity contribution in [2.75, 3.05) is 40.9 Å². The molecule has 0 aliphatic heterocycles. The lowest BCUT2D eigenvalue weighted by atomic mass is 10.0. The summed E-state index contributed by atoms with van der Waals surface area (Å²) >= 11 is 0. The van der Waals surface area contributed by atoms with E-state index in [0.29, 0.717) is 23.9 Å². The molecule has 0 aromatic rings. The van der Waals surface area contributed by atoms with E-state index < -0.39 is 20.0 Å². The Morgan fingerprint density at radius 2 is 0.884 bits per heavy atom. The van der Waals surface area contributed by atoms with Gasteiger partial charge in [-0.3, -0.25) is 18.6 Å². The second-order valence-electron chi connectivity index (χ2n) is 20.5. The van der Waals surface area contributed by atoms with E-state index in [0.717, 1.165) is 89.9 Å². The highest BCUT2D eigenvalue weighted by Crippen LogP contribution is 2.43. The number of hydrogen-bond acceptors (Lipinski definition) is 6. The average Bonchev–Trinajstić information content (AvgIpc) is 3.31. The number of likely N-dealkylation sites (N-methyl/N-ethyl adjacent to an activating group) is 1. The van der Waals surface area contributed by atoms with E-state index in [-0.39, 0.29) is 31.5 Å². The Kier molecular flexibility index (Phi) is 47.7. The Balaban J connectivity index is 5.44. The molecule has 402 valence electrons. The molecule has 1 amide bonds. The SMILES string of the molecule is CCCCC/C=C\C/C=C\C/C=C\CCCCCCC(=O)OC(/C=C/CCCCCCCCCCCCC)C(COP(=O)(O)OCC[N+](C)(C)C)NC(=O)CCCCC/C=C\CCCCCCCC. The first kappa shape index (κ1) is 66.7. The molecule has 3 unspecified atom stereocenters.